The van der Waals surface area contributed by atoms with Crippen LogP contribution in [0.25, 0.3) is 4.98 Å². The molecule has 2 saturated heterocycles. The summed E-state index contributed by atoms with van der Waals surface area (Å²) in [6.45, 7) is 0.477. The van der Waals surface area contributed by atoms with Gasteiger partial charge in [0.05, 0.1) is 18.0 Å². The normalized spacial score (nSPS) is 20.8. The number of rotatable bonds is 14. The van der Waals surface area contributed by atoms with Crippen molar-refractivity contribution in [3.8, 4) is 0 Å². The average Bonchev–Trinajstić information content (AvgIpc) is 3.39. The molecule has 3 rings (SSSR count). The standard InChI is InChI=1S/C24H31N5O5S.ClH/c25-29-17-10-8-15(9-11-17)19(30)13-16(23(32)33)5-3-4-12-26-21(31)7-2-1-6-20-22-18(14-35-20)27-24(34)28-22;/h8-11,16,18,20,22H,1-7,12-14H2,(H3-,26,27,28,31,32,33,34);1H/t16?,18-,20?,22-;/m0./s1. The predicted octanol–water partition coefficient (Wildman–Crippen LogP) is 0.461. The number of hydrogen-bond acceptors (Lipinski definition) is 6. The zero-order chi connectivity index (χ0) is 25.2. The van der Waals surface area contributed by atoms with Crippen LogP contribution in [0, 0.1) is 11.3 Å². The first-order valence-electron chi connectivity index (χ1n) is 12.0. The largest absolute Gasteiger partial charge is 1.00 e. The van der Waals surface area contributed by atoms with Crippen LogP contribution in [0.1, 0.15) is 61.7 Å². The molecule has 2 aliphatic heterocycles. The summed E-state index contributed by atoms with van der Waals surface area (Å²) in [6, 6.07) is 6.32. The number of unbranched alkanes of at least 4 members (excludes halogenated alkanes) is 2. The monoisotopic (exact) mass is 537 g/mol. The van der Waals surface area contributed by atoms with Crippen molar-refractivity contribution < 1.29 is 36.7 Å². The topological polar surface area (TPSA) is 153 Å². The van der Waals surface area contributed by atoms with Gasteiger partial charge in [-0.15, -0.1) is 0 Å². The number of carboxylic acids is 1. The number of aliphatic carboxylic acids is 1. The molecule has 2 unspecified atom stereocenters. The van der Waals surface area contributed by atoms with Crippen molar-refractivity contribution in [3.05, 3.63) is 34.8 Å². The Labute approximate surface area is 220 Å². The van der Waals surface area contributed by atoms with E-state index in [4.69, 9.17) is 5.39 Å². The third-order valence-electron chi connectivity index (χ3n) is 6.47. The molecule has 0 saturated carbocycles. The Bertz CT molecular complexity index is 971. The second-order valence-corrected chi connectivity index (χ2v) is 10.3. The Balaban J connectivity index is 0.00000456. The molecule has 4 atom stereocenters. The second kappa shape index (κ2) is 14.7. The number of benzene rings is 1. The SMILES string of the molecule is N#[N+]c1ccc(C(=O)CC(CCCCNC(=O)CCCCC2SC[C@@H]3NC(=O)N[C@H]23)C(=O)O)cc1.[Cl-]. The lowest BCUT2D eigenvalue weighted by molar-refractivity contribution is -0.142. The lowest BCUT2D eigenvalue weighted by Gasteiger charge is -2.16. The van der Waals surface area contributed by atoms with E-state index in [2.05, 4.69) is 20.9 Å². The first-order valence-corrected chi connectivity index (χ1v) is 13.1. The molecule has 1 aromatic rings. The molecule has 0 radical (unpaired) electrons. The number of carbonyl (C=O) groups is 4. The number of amides is 3. The summed E-state index contributed by atoms with van der Waals surface area (Å²) in [5.74, 6) is -1.15. The molecule has 10 nitrogen and oxygen atoms in total. The Morgan fingerprint density at radius 3 is 2.58 bits per heavy atom. The van der Waals surface area contributed by atoms with Crippen molar-refractivity contribution in [2.24, 2.45) is 5.92 Å². The minimum atomic E-state index is -1.01. The minimum absolute atomic E-state index is 0. The molecular weight excluding hydrogens is 506 g/mol. The van der Waals surface area contributed by atoms with E-state index >= 15 is 0 Å². The average molecular weight is 538 g/mol. The molecule has 0 aliphatic carbocycles. The zero-order valence-electron chi connectivity index (χ0n) is 20.0. The number of urea groups is 1. The maximum atomic E-state index is 12.4. The van der Waals surface area contributed by atoms with Gasteiger partial charge in [0.2, 0.25) is 11.3 Å². The molecule has 196 valence electrons. The minimum Gasteiger partial charge on any atom is -1.00 e. The molecule has 0 aromatic heterocycles. The van der Waals surface area contributed by atoms with Crippen LogP contribution < -0.4 is 28.4 Å². The lowest BCUT2D eigenvalue weighted by Crippen LogP contribution is -3.00. The van der Waals surface area contributed by atoms with Gasteiger partial charge in [-0.3, -0.25) is 14.4 Å². The van der Waals surface area contributed by atoms with E-state index in [0.29, 0.717) is 48.7 Å². The van der Waals surface area contributed by atoms with Gasteiger partial charge >= 0.3 is 17.7 Å². The number of carboxylic acid groups (broad SMARTS) is 1. The molecule has 4 N–H and O–H groups in total. The summed E-state index contributed by atoms with van der Waals surface area (Å²) in [5.41, 5.74) is 0.702. The third kappa shape index (κ3) is 8.68. The van der Waals surface area contributed by atoms with Crippen molar-refractivity contribution >= 4 is 41.1 Å². The highest BCUT2D eigenvalue weighted by Crippen LogP contribution is 2.33. The van der Waals surface area contributed by atoms with Crippen LogP contribution in [0.4, 0.5) is 10.5 Å². The highest BCUT2D eigenvalue weighted by Gasteiger charge is 2.42. The summed E-state index contributed by atoms with van der Waals surface area (Å²) >= 11 is 1.87. The summed E-state index contributed by atoms with van der Waals surface area (Å²) in [5, 5.41) is 27.4. The fraction of sp³-hybridized carbons (Fsp3) is 0.583. The number of Topliss-reactive ketones (excluding diaryl/α,β-unsaturated/α-hetero) is 1. The fourth-order valence-corrected chi connectivity index (χ4v) is 6.02. The van der Waals surface area contributed by atoms with Crippen LogP contribution in [-0.2, 0) is 9.59 Å². The number of diazo groups is 1. The summed E-state index contributed by atoms with van der Waals surface area (Å²) in [6.07, 6.45) is 4.63. The quantitative estimate of drug-likeness (QED) is 0.116. The highest BCUT2D eigenvalue weighted by molar-refractivity contribution is 8.00. The lowest BCUT2D eigenvalue weighted by atomic mass is 9.93. The van der Waals surface area contributed by atoms with Gasteiger partial charge in [-0.1, -0.05) is 12.8 Å². The van der Waals surface area contributed by atoms with Crippen molar-refractivity contribution in [2.75, 3.05) is 12.3 Å². The molecule has 36 heavy (non-hydrogen) atoms. The van der Waals surface area contributed by atoms with Gasteiger partial charge in [0.1, 0.15) is 0 Å². The molecule has 2 fully saturated rings. The molecule has 2 heterocycles. The third-order valence-corrected chi connectivity index (χ3v) is 7.98. The molecule has 3 amide bonds. The molecule has 2 aliphatic rings. The van der Waals surface area contributed by atoms with E-state index in [1.807, 2.05) is 11.8 Å². The van der Waals surface area contributed by atoms with Crippen LogP contribution >= 0.6 is 11.8 Å². The van der Waals surface area contributed by atoms with E-state index in [0.717, 1.165) is 25.0 Å². The number of halogens is 1. The van der Waals surface area contributed by atoms with Gasteiger partial charge in [-0.2, -0.15) is 11.8 Å². The van der Waals surface area contributed by atoms with E-state index in [1.54, 1.807) is 0 Å². The van der Waals surface area contributed by atoms with Gasteiger partial charge in [-0.05, 0) is 37.8 Å². The first kappa shape index (κ1) is 29.4. The maximum Gasteiger partial charge on any atom is 0.385 e. The van der Waals surface area contributed by atoms with E-state index in [-0.39, 0.29) is 48.6 Å². The molecule has 1 aromatic carbocycles. The molecule has 12 heteroatoms. The summed E-state index contributed by atoms with van der Waals surface area (Å²) in [7, 11) is 0. The second-order valence-electron chi connectivity index (χ2n) is 9.02. The van der Waals surface area contributed by atoms with E-state index in [9.17, 15) is 24.3 Å². The number of carbonyl (C=O) groups excluding carboxylic acids is 3. The number of thioether (sulfide) groups is 1. The van der Waals surface area contributed by atoms with Gasteiger partial charge in [0.25, 0.3) is 0 Å². The first-order chi connectivity index (χ1) is 16.9. The van der Waals surface area contributed by atoms with Gasteiger partial charge in [0.15, 0.2) is 10.8 Å². The summed E-state index contributed by atoms with van der Waals surface area (Å²) in [4.78, 5) is 50.5. The predicted molar refractivity (Wildman–Crippen MR) is 132 cm³/mol. The number of fused-ring (bicyclic) bond motifs is 1. The zero-order valence-corrected chi connectivity index (χ0v) is 21.5. The Morgan fingerprint density at radius 1 is 1.14 bits per heavy atom. The number of nitrogens with one attached hydrogen (secondary N) is 3. The van der Waals surface area contributed by atoms with Crippen LogP contribution in [0.2, 0.25) is 0 Å². The van der Waals surface area contributed by atoms with Gasteiger partial charge in [-0.25, -0.2) is 4.79 Å². The van der Waals surface area contributed by atoms with Crippen LogP contribution in [0.15, 0.2) is 24.3 Å². The molecule has 0 bridgehead atoms. The van der Waals surface area contributed by atoms with Crippen LogP contribution in [0.3, 0.4) is 0 Å². The van der Waals surface area contributed by atoms with Crippen molar-refractivity contribution in [2.45, 2.75) is 68.7 Å². The van der Waals surface area contributed by atoms with Crippen LogP contribution in [0.5, 0.6) is 0 Å². The van der Waals surface area contributed by atoms with Crippen molar-refractivity contribution in [1.82, 2.24) is 16.0 Å². The molecule has 0 spiro atoms. The number of hydrogen-bond donors (Lipinski definition) is 4. The van der Waals surface area contributed by atoms with Crippen molar-refractivity contribution in [1.29, 1.82) is 5.39 Å². The maximum absolute atomic E-state index is 12.4. The Morgan fingerprint density at radius 2 is 1.89 bits per heavy atom. The van der Waals surface area contributed by atoms with Gasteiger partial charge in [0, 0.05) is 48.1 Å². The van der Waals surface area contributed by atoms with E-state index < -0.39 is 11.9 Å². The van der Waals surface area contributed by atoms with Crippen LogP contribution in [-0.4, -0.2) is 58.4 Å². The highest BCUT2D eigenvalue weighted by atomic mass is 35.5. The van der Waals surface area contributed by atoms with E-state index in [1.165, 1.54) is 24.3 Å². The Hall–Kier alpha value is -2.84. The smallest absolute Gasteiger partial charge is 0.385 e. The van der Waals surface area contributed by atoms with Gasteiger partial charge < -0.3 is 33.5 Å². The van der Waals surface area contributed by atoms with Crippen molar-refractivity contribution in [3.63, 3.8) is 0 Å². The fourth-order valence-electron chi connectivity index (χ4n) is 4.47. The number of ketones is 1. The summed E-state index contributed by atoms with van der Waals surface area (Å²) < 4.78 is 0. The molecular formula is C24H32ClN5O5S. The Kier molecular flexibility index (Phi) is 12.0. The number of nitrogens with zero attached hydrogens (tertiary/aromatic N) is 2.